The molecule has 1 aromatic heterocycles. The zero-order chi connectivity index (χ0) is 23.2. The number of hydrogen-bond acceptors (Lipinski definition) is 2. The Kier molecular flexibility index (Phi) is 7.87. The van der Waals surface area contributed by atoms with Crippen molar-refractivity contribution in [3.8, 4) is 0 Å². The first kappa shape index (κ1) is 23.6. The Morgan fingerprint density at radius 1 is 1.09 bits per heavy atom. The summed E-state index contributed by atoms with van der Waals surface area (Å²) in [6.45, 7) is 4.73. The molecule has 4 nitrogen and oxygen atoms in total. The van der Waals surface area contributed by atoms with Gasteiger partial charge in [0.15, 0.2) is 0 Å². The number of aromatic nitrogens is 1. The highest BCUT2D eigenvalue weighted by molar-refractivity contribution is 5.86. The molecule has 1 aliphatic carbocycles. The second-order valence-corrected chi connectivity index (χ2v) is 10.1. The Labute approximate surface area is 199 Å². The molecule has 1 N–H and O–H groups in total. The number of carbonyl (C=O) groups excluding carboxylic acids is 1. The van der Waals surface area contributed by atoms with Crippen LogP contribution in [0.15, 0.2) is 54.7 Å². The zero-order valence-electron chi connectivity index (χ0n) is 20.5. The smallest absolute Gasteiger partial charge is 0.220 e. The van der Waals surface area contributed by atoms with E-state index in [-0.39, 0.29) is 11.8 Å². The topological polar surface area (TPSA) is 37.3 Å². The summed E-state index contributed by atoms with van der Waals surface area (Å²) < 4.78 is 2.47. The van der Waals surface area contributed by atoms with Crippen molar-refractivity contribution >= 4 is 16.8 Å². The van der Waals surface area contributed by atoms with E-state index in [1.54, 1.807) is 0 Å². The Morgan fingerprint density at radius 3 is 2.64 bits per heavy atom. The fourth-order valence-corrected chi connectivity index (χ4v) is 5.32. The number of para-hydroxylation sites is 1. The molecular formula is C29H39N3O. The number of aryl methyl sites for hydroxylation is 1. The van der Waals surface area contributed by atoms with Crippen LogP contribution < -0.4 is 5.32 Å². The molecule has 1 saturated carbocycles. The summed E-state index contributed by atoms with van der Waals surface area (Å²) in [6.07, 6.45) is 9.57. The van der Waals surface area contributed by atoms with Crippen molar-refractivity contribution in [3.63, 3.8) is 0 Å². The van der Waals surface area contributed by atoms with Crippen LogP contribution in [0.25, 0.3) is 10.9 Å². The molecule has 33 heavy (non-hydrogen) atoms. The van der Waals surface area contributed by atoms with Crippen LogP contribution in [0.4, 0.5) is 0 Å². The van der Waals surface area contributed by atoms with Gasteiger partial charge in [0.25, 0.3) is 0 Å². The van der Waals surface area contributed by atoms with Crippen LogP contribution in [0, 0.1) is 12.8 Å². The summed E-state index contributed by atoms with van der Waals surface area (Å²) >= 11 is 0. The number of nitrogens with zero attached hydrogens (tertiary/aromatic N) is 2. The lowest BCUT2D eigenvalue weighted by Gasteiger charge is -2.22. The van der Waals surface area contributed by atoms with E-state index in [1.165, 1.54) is 59.7 Å². The fraction of sp³-hybridized carbons (Fsp3) is 0.483. The molecule has 0 radical (unpaired) electrons. The summed E-state index contributed by atoms with van der Waals surface area (Å²) in [5, 5.41) is 4.41. The van der Waals surface area contributed by atoms with Gasteiger partial charge in [-0.25, -0.2) is 0 Å². The molecule has 4 rings (SSSR count). The SMILES string of the molecule is Cc1cccc(C(CC(=O)NCCN(C)C)c2cn(CC3CCCCC3)c3ccccc23)c1. The Hall–Kier alpha value is -2.59. The molecule has 1 heterocycles. The van der Waals surface area contributed by atoms with E-state index in [9.17, 15) is 4.79 Å². The summed E-state index contributed by atoms with van der Waals surface area (Å²) in [5.41, 5.74) is 5.02. The lowest BCUT2D eigenvalue weighted by molar-refractivity contribution is -0.121. The number of benzene rings is 2. The predicted octanol–water partition coefficient (Wildman–Crippen LogP) is 5.73. The highest BCUT2D eigenvalue weighted by Gasteiger charge is 2.24. The van der Waals surface area contributed by atoms with E-state index in [0.29, 0.717) is 13.0 Å². The molecule has 0 saturated heterocycles. The number of rotatable bonds is 9. The van der Waals surface area contributed by atoms with Crippen molar-refractivity contribution in [2.75, 3.05) is 27.2 Å². The van der Waals surface area contributed by atoms with Gasteiger partial charge in [-0.2, -0.15) is 0 Å². The number of amides is 1. The number of likely N-dealkylation sites (N-methyl/N-ethyl adjacent to an activating group) is 1. The van der Waals surface area contributed by atoms with Gasteiger partial charge in [0.1, 0.15) is 0 Å². The van der Waals surface area contributed by atoms with E-state index in [1.807, 2.05) is 14.1 Å². The quantitative estimate of drug-likeness (QED) is 0.457. The summed E-state index contributed by atoms with van der Waals surface area (Å²) in [6, 6.07) is 17.4. The van der Waals surface area contributed by atoms with Crippen molar-refractivity contribution in [2.24, 2.45) is 5.92 Å². The molecule has 1 aliphatic rings. The van der Waals surface area contributed by atoms with Crippen LogP contribution >= 0.6 is 0 Å². The van der Waals surface area contributed by atoms with Crippen molar-refractivity contribution in [1.29, 1.82) is 0 Å². The highest BCUT2D eigenvalue weighted by atomic mass is 16.1. The molecule has 1 fully saturated rings. The number of fused-ring (bicyclic) bond motifs is 1. The van der Waals surface area contributed by atoms with Crippen molar-refractivity contribution < 1.29 is 4.79 Å². The average Bonchev–Trinajstić information content (AvgIpc) is 3.16. The van der Waals surface area contributed by atoms with Gasteiger partial charge in [-0.1, -0.05) is 67.3 Å². The van der Waals surface area contributed by atoms with Gasteiger partial charge in [-0.05, 0) is 57.0 Å². The standard InChI is InChI=1S/C29H39N3O/c1-22-10-9-13-24(18-22)26(19-29(33)30-16-17-31(2)3)27-21-32(20-23-11-5-4-6-12-23)28-15-8-7-14-25(27)28/h7-10,13-15,18,21,23,26H,4-6,11-12,16-17,19-20H2,1-3H3,(H,30,33). The van der Waals surface area contributed by atoms with E-state index in [4.69, 9.17) is 0 Å². The molecule has 3 aromatic rings. The first-order valence-electron chi connectivity index (χ1n) is 12.6. The summed E-state index contributed by atoms with van der Waals surface area (Å²) in [5.74, 6) is 0.920. The fourth-order valence-electron chi connectivity index (χ4n) is 5.32. The minimum atomic E-state index is 0.0433. The molecular weight excluding hydrogens is 406 g/mol. The van der Waals surface area contributed by atoms with Crippen molar-refractivity contribution in [3.05, 3.63) is 71.4 Å². The third-order valence-corrected chi connectivity index (χ3v) is 7.09. The second-order valence-electron chi connectivity index (χ2n) is 10.1. The number of nitrogens with one attached hydrogen (secondary N) is 1. The van der Waals surface area contributed by atoms with Gasteiger partial charge in [-0.15, -0.1) is 0 Å². The summed E-state index contributed by atoms with van der Waals surface area (Å²) in [4.78, 5) is 15.1. The molecule has 1 atom stereocenters. The maximum Gasteiger partial charge on any atom is 0.220 e. The zero-order valence-corrected chi connectivity index (χ0v) is 20.5. The Balaban J connectivity index is 1.67. The highest BCUT2D eigenvalue weighted by Crippen LogP contribution is 2.36. The first-order valence-corrected chi connectivity index (χ1v) is 12.6. The van der Waals surface area contributed by atoms with E-state index in [0.717, 1.165) is 19.0 Å². The minimum absolute atomic E-state index is 0.0433. The molecule has 2 aromatic carbocycles. The third-order valence-electron chi connectivity index (χ3n) is 7.09. The van der Waals surface area contributed by atoms with Crippen LogP contribution in [-0.4, -0.2) is 42.6 Å². The lowest BCUT2D eigenvalue weighted by Crippen LogP contribution is -2.32. The van der Waals surface area contributed by atoms with Crippen molar-refractivity contribution in [2.45, 2.75) is 57.9 Å². The van der Waals surface area contributed by atoms with Gasteiger partial charge >= 0.3 is 0 Å². The van der Waals surface area contributed by atoms with Crippen LogP contribution in [-0.2, 0) is 11.3 Å². The van der Waals surface area contributed by atoms with Gasteiger partial charge in [0.05, 0.1) is 0 Å². The van der Waals surface area contributed by atoms with Gasteiger partial charge < -0.3 is 14.8 Å². The average molecular weight is 446 g/mol. The maximum absolute atomic E-state index is 13.0. The monoisotopic (exact) mass is 445 g/mol. The van der Waals surface area contributed by atoms with Gasteiger partial charge in [-0.3, -0.25) is 4.79 Å². The van der Waals surface area contributed by atoms with E-state index >= 15 is 0 Å². The molecule has 0 bridgehead atoms. The van der Waals surface area contributed by atoms with Crippen LogP contribution in [0.5, 0.6) is 0 Å². The minimum Gasteiger partial charge on any atom is -0.355 e. The van der Waals surface area contributed by atoms with E-state index in [2.05, 4.69) is 76.4 Å². The predicted molar refractivity (Wildman–Crippen MR) is 138 cm³/mol. The first-order chi connectivity index (χ1) is 16.0. The van der Waals surface area contributed by atoms with Gasteiger partial charge in [0, 0.05) is 49.1 Å². The van der Waals surface area contributed by atoms with Crippen LogP contribution in [0.3, 0.4) is 0 Å². The molecule has 0 spiro atoms. The maximum atomic E-state index is 13.0. The lowest BCUT2D eigenvalue weighted by atomic mass is 9.87. The Morgan fingerprint density at radius 2 is 1.88 bits per heavy atom. The molecule has 1 unspecified atom stereocenters. The third kappa shape index (κ3) is 6.05. The molecule has 1 amide bonds. The van der Waals surface area contributed by atoms with Crippen molar-refractivity contribution in [1.82, 2.24) is 14.8 Å². The van der Waals surface area contributed by atoms with E-state index < -0.39 is 0 Å². The normalized spacial score (nSPS) is 15.8. The largest absolute Gasteiger partial charge is 0.355 e. The van der Waals surface area contributed by atoms with Gasteiger partial charge in [0.2, 0.25) is 5.91 Å². The van der Waals surface area contributed by atoms with Crippen LogP contribution in [0.2, 0.25) is 0 Å². The molecule has 4 heteroatoms. The Bertz CT molecular complexity index is 1060. The number of hydrogen-bond donors (Lipinski definition) is 1. The second kappa shape index (κ2) is 11.0. The number of carbonyl (C=O) groups is 1. The molecule has 176 valence electrons. The van der Waals surface area contributed by atoms with Crippen LogP contribution in [0.1, 0.15) is 61.1 Å². The summed E-state index contributed by atoms with van der Waals surface area (Å²) in [7, 11) is 4.06. The molecule has 0 aliphatic heterocycles.